The van der Waals surface area contributed by atoms with E-state index in [2.05, 4.69) is 0 Å². The van der Waals surface area contributed by atoms with E-state index in [-0.39, 0.29) is 13.0 Å². The van der Waals surface area contributed by atoms with Crippen molar-refractivity contribution in [2.24, 2.45) is 22.9 Å². The van der Waals surface area contributed by atoms with Crippen LogP contribution in [-0.2, 0) is 18.9 Å². The van der Waals surface area contributed by atoms with Gasteiger partial charge in [0, 0.05) is 18.6 Å². The molecule has 15 atom stereocenters. The maximum absolute atomic E-state index is 10.9. The summed E-state index contributed by atoms with van der Waals surface area (Å²) in [5.41, 5.74) is 23.7. The fraction of sp³-hybridized carbons (Fsp3) is 1.00. The van der Waals surface area contributed by atoms with Crippen molar-refractivity contribution < 1.29 is 54.7 Å². The lowest BCUT2D eigenvalue weighted by atomic mass is 9.84. The van der Waals surface area contributed by atoms with Crippen molar-refractivity contribution in [1.29, 1.82) is 0 Å². The quantitative estimate of drug-likeness (QED) is 0.167. The lowest BCUT2D eigenvalue weighted by Gasteiger charge is -2.48. The minimum absolute atomic E-state index is 0.0945. The van der Waals surface area contributed by atoms with Crippen LogP contribution in [-0.4, -0.2) is 141 Å². The van der Waals surface area contributed by atoms with Crippen molar-refractivity contribution in [2.45, 2.75) is 98.2 Å². The topological polar surface area (TPSA) is 283 Å². The third-order valence-corrected chi connectivity index (χ3v) is 6.47. The number of ether oxygens (including phenoxy) is 4. The van der Waals surface area contributed by atoms with Crippen molar-refractivity contribution in [3.63, 3.8) is 0 Å². The molecule has 2 heterocycles. The Hall–Kier alpha value is -0.600. The van der Waals surface area contributed by atoms with E-state index in [0.29, 0.717) is 0 Å². The Morgan fingerprint density at radius 2 is 1.18 bits per heavy atom. The monoisotopic (exact) mass is 484 g/mol. The second-order valence-electron chi connectivity index (χ2n) is 8.79. The number of nitrogens with two attached hydrogens (primary N) is 4. The molecule has 3 fully saturated rings. The molecule has 0 aromatic rings. The number of aliphatic hydroxyl groups is 7. The number of rotatable bonds is 6. The van der Waals surface area contributed by atoms with Crippen LogP contribution in [0.4, 0.5) is 0 Å². The van der Waals surface area contributed by atoms with E-state index in [1.54, 1.807) is 0 Å². The zero-order chi connectivity index (χ0) is 24.6. The second-order valence-corrected chi connectivity index (χ2v) is 8.79. The fourth-order valence-electron chi connectivity index (χ4n) is 4.40. The molecule has 33 heavy (non-hydrogen) atoms. The predicted molar refractivity (Wildman–Crippen MR) is 108 cm³/mol. The van der Waals surface area contributed by atoms with Crippen molar-refractivity contribution in [3.8, 4) is 0 Å². The summed E-state index contributed by atoms with van der Waals surface area (Å²) in [6, 6.07) is -2.82. The Morgan fingerprint density at radius 3 is 1.73 bits per heavy atom. The van der Waals surface area contributed by atoms with E-state index in [1.165, 1.54) is 0 Å². The molecule has 0 radical (unpaired) electrons. The highest BCUT2D eigenvalue weighted by Crippen LogP contribution is 2.31. The summed E-state index contributed by atoms with van der Waals surface area (Å²) in [5.74, 6) is 0. The largest absolute Gasteiger partial charge is 0.394 e. The molecule has 0 bridgehead atoms. The highest BCUT2D eigenvalue weighted by molar-refractivity contribution is 5.01. The SMILES string of the molecule is NC[C@H]1O[C@H](O[C@H]2[C@H](O)[C@@H](O[C@H]3O[C@H](CO)[C@H](O)[C@H](O)[C@H]3O)[C@H](N)C[C@@H]2N)[C@H](N)[C@@H](O)[C@@H]1O. The van der Waals surface area contributed by atoms with Gasteiger partial charge in [-0.05, 0) is 6.42 Å². The summed E-state index contributed by atoms with van der Waals surface area (Å²) in [7, 11) is 0. The molecule has 15 heteroatoms. The molecule has 0 spiro atoms. The van der Waals surface area contributed by atoms with Gasteiger partial charge < -0.3 is 77.6 Å². The maximum Gasteiger partial charge on any atom is 0.187 e. The van der Waals surface area contributed by atoms with Gasteiger partial charge in [0.15, 0.2) is 12.6 Å². The van der Waals surface area contributed by atoms with E-state index >= 15 is 0 Å². The summed E-state index contributed by atoms with van der Waals surface area (Å²) in [4.78, 5) is 0. The average Bonchev–Trinajstić information content (AvgIpc) is 2.79. The first-order valence-corrected chi connectivity index (χ1v) is 10.8. The van der Waals surface area contributed by atoms with Crippen LogP contribution in [0.5, 0.6) is 0 Å². The standard InChI is InChI=1S/C18H36N4O11/c19-2-6-9(24)11(26)8(22)17(30-6)32-15-4(20)1-5(21)16(14(15)29)33-18-13(28)12(27)10(25)7(3-23)31-18/h4-18,23-29H,1-3,19-22H2/t4-,5+,6+,7+,8+,9+,10-,11+,12-,13+,14-,15+,16-,17+,18+/m0/s1. The third kappa shape index (κ3) is 5.32. The molecular weight excluding hydrogens is 448 g/mol. The summed E-state index contributed by atoms with van der Waals surface area (Å²) >= 11 is 0. The van der Waals surface area contributed by atoms with E-state index in [4.69, 9.17) is 41.9 Å². The van der Waals surface area contributed by atoms with Gasteiger partial charge in [0.2, 0.25) is 0 Å². The van der Waals surface area contributed by atoms with Crippen molar-refractivity contribution in [1.82, 2.24) is 0 Å². The molecule has 2 saturated heterocycles. The lowest BCUT2D eigenvalue weighted by Crippen LogP contribution is -2.68. The maximum atomic E-state index is 10.9. The van der Waals surface area contributed by atoms with Crippen LogP contribution in [0.15, 0.2) is 0 Å². The first-order chi connectivity index (χ1) is 15.5. The molecule has 0 unspecified atom stereocenters. The smallest absolute Gasteiger partial charge is 0.187 e. The molecule has 2 aliphatic heterocycles. The van der Waals surface area contributed by atoms with Gasteiger partial charge in [0.05, 0.1) is 12.6 Å². The van der Waals surface area contributed by atoms with Crippen molar-refractivity contribution >= 4 is 0 Å². The molecule has 0 aromatic carbocycles. The van der Waals surface area contributed by atoms with Crippen LogP contribution in [0.3, 0.4) is 0 Å². The summed E-state index contributed by atoms with van der Waals surface area (Å²) in [6.07, 6.45) is -16.4. The lowest BCUT2D eigenvalue weighted by molar-refractivity contribution is -0.331. The van der Waals surface area contributed by atoms with E-state index < -0.39 is 98.4 Å². The molecular formula is C18H36N4O11. The molecule has 3 aliphatic rings. The van der Waals surface area contributed by atoms with Crippen molar-refractivity contribution in [3.05, 3.63) is 0 Å². The minimum atomic E-state index is -1.70. The predicted octanol–water partition coefficient (Wildman–Crippen LogP) is -7.29. The highest BCUT2D eigenvalue weighted by atomic mass is 16.7. The number of hydrogen-bond acceptors (Lipinski definition) is 15. The van der Waals surface area contributed by atoms with Gasteiger partial charge in [0.25, 0.3) is 0 Å². The minimum Gasteiger partial charge on any atom is -0.394 e. The van der Waals surface area contributed by atoms with Gasteiger partial charge in [-0.3, -0.25) is 0 Å². The zero-order valence-electron chi connectivity index (χ0n) is 17.9. The van der Waals surface area contributed by atoms with E-state index in [9.17, 15) is 35.7 Å². The van der Waals surface area contributed by atoms with Gasteiger partial charge in [-0.1, -0.05) is 0 Å². The molecule has 15 nitrogen and oxygen atoms in total. The van der Waals surface area contributed by atoms with Crippen LogP contribution in [0.2, 0.25) is 0 Å². The van der Waals surface area contributed by atoms with E-state index in [1.807, 2.05) is 0 Å². The fourth-order valence-corrected chi connectivity index (χ4v) is 4.40. The summed E-state index contributed by atoms with van der Waals surface area (Å²) in [5, 5.41) is 70.6. The summed E-state index contributed by atoms with van der Waals surface area (Å²) in [6.45, 7) is -0.786. The van der Waals surface area contributed by atoms with Crippen LogP contribution >= 0.6 is 0 Å². The van der Waals surface area contributed by atoms with Crippen LogP contribution < -0.4 is 22.9 Å². The second kappa shape index (κ2) is 11.0. The Bertz CT molecular complexity index is 584. The van der Waals surface area contributed by atoms with Crippen LogP contribution in [0, 0.1) is 0 Å². The first-order valence-electron chi connectivity index (χ1n) is 10.8. The first kappa shape index (κ1) is 27.0. The van der Waals surface area contributed by atoms with Crippen LogP contribution in [0.25, 0.3) is 0 Å². The Balaban J connectivity index is 1.72. The Morgan fingerprint density at radius 1 is 0.667 bits per heavy atom. The number of hydrogen-bond donors (Lipinski definition) is 11. The molecule has 1 aliphatic carbocycles. The molecule has 0 amide bonds. The zero-order valence-corrected chi connectivity index (χ0v) is 17.9. The van der Waals surface area contributed by atoms with Gasteiger partial charge >= 0.3 is 0 Å². The molecule has 1 saturated carbocycles. The third-order valence-electron chi connectivity index (χ3n) is 6.47. The molecule has 0 aromatic heterocycles. The average molecular weight is 485 g/mol. The highest BCUT2D eigenvalue weighted by Gasteiger charge is 2.51. The molecule has 194 valence electrons. The molecule has 15 N–H and O–H groups in total. The molecule has 3 rings (SSSR count). The summed E-state index contributed by atoms with van der Waals surface area (Å²) < 4.78 is 22.3. The Kier molecular flexibility index (Phi) is 8.99. The van der Waals surface area contributed by atoms with Gasteiger partial charge in [-0.2, -0.15) is 0 Å². The van der Waals surface area contributed by atoms with Gasteiger partial charge in [-0.15, -0.1) is 0 Å². The normalized spacial score (nSPS) is 53.7. The van der Waals surface area contributed by atoms with Gasteiger partial charge in [0.1, 0.15) is 61.0 Å². The Labute approximate surface area is 189 Å². The van der Waals surface area contributed by atoms with Crippen molar-refractivity contribution in [2.75, 3.05) is 13.2 Å². The van der Waals surface area contributed by atoms with Crippen LogP contribution in [0.1, 0.15) is 6.42 Å². The van der Waals surface area contributed by atoms with Gasteiger partial charge in [-0.25, -0.2) is 0 Å². The number of aliphatic hydroxyl groups excluding tert-OH is 7. The van der Waals surface area contributed by atoms with E-state index in [0.717, 1.165) is 0 Å².